The van der Waals surface area contributed by atoms with Gasteiger partial charge in [0.25, 0.3) is 11.7 Å². The first-order valence-electron chi connectivity index (χ1n) is 4.61. The molecule has 6 heteroatoms. The summed E-state index contributed by atoms with van der Waals surface area (Å²) in [4.78, 5) is 24.7. The molecule has 2 rings (SSSR count). The summed E-state index contributed by atoms with van der Waals surface area (Å²) in [6, 6.07) is 3.01. The molecule has 0 unspecified atom stereocenters. The smallest absolute Gasteiger partial charge is 0.298 e. The maximum atomic E-state index is 11.8. The van der Waals surface area contributed by atoms with Crippen LogP contribution < -0.4 is 4.90 Å². The van der Waals surface area contributed by atoms with Gasteiger partial charge in [0.1, 0.15) is 0 Å². The monoisotopic (exact) mass is 289 g/mol. The Balaban J connectivity index is 2.63. The lowest BCUT2D eigenvalue weighted by Crippen LogP contribution is -2.30. The van der Waals surface area contributed by atoms with Crippen molar-refractivity contribution in [3.8, 4) is 0 Å². The maximum absolute atomic E-state index is 11.8. The topological polar surface area (TPSA) is 37.4 Å². The molecular weight excluding hydrogens is 284 g/mol. The van der Waals surface area contributed by atoms with Crippen molar-refractivity contribution >= 4 is 52.2 Å². The number of anilines is 1. The maximum Gasteiger partial charge on any atom is 0.299 e. The van der Waals surface area contributed by atoms with Crippen LogP contribution in [-0.2, 0) is 4.79 Å². The molecule has 0 atom stereocenters. The molecule has 0 radical (unpaired) electrons. The number of ketones is 1. The van der Waals surface area contributed by atoms with Crippen LogP contribution in [0.3, 0.4) is 0 Å². The fraction of sp³-hybridized carbons (Fsp3) is 0.0909. The van der Waals surface area contributed by atoms with Crippen LogP contribution in [0, 0.1) is 0 Å². The third-order valence-corrected chi connectivity index (χ3v) is 3.08. The van der Waals surface area contributed by atoms with E-state index in [1.54, 1.807) is 0 Å². The Bertz CT molecular complexity index is 554. The number of amides is 1. The van der Waals surface area contributed by atoms with Crippen LogP contribution in [0.2, 0.25) is 10.0 Å². The molecule has 0 bridgehead atoms. The number of halogens is 3. The van der Waals surface area contributed by atoms with E-state index in [0.717, 1.165) is 0 Å². The zero-order chi connectivity index (χ0) is 12.7. The molecule has 0 aliphatic carbocycles. The molecule has 1 aliphatic rings. The second-order valence-corrected chi connectivity index (χ2v) is 4.84. The zero-order valence-electron chi connectivity index (χ0n) is 8.47. The van der Waals surface area contributed by atoms with Crippen LogP contribution in [0.4, 0.5) is 5.69 Å². The predicted octanol–water partition coefficient (Wildman–Crippen LogP) is 3.28. The first-order valence-corrected chi connectivity index (χ1v) is 5.74. The van der Waals surface area contributed by atoms with Crippen molar-refractivity contribution in [1.29, 1.82) is 0 Å². The second-order valence-electron chi connectivity index (χ2n) is 3.49. The van der Waals surface area contributed by atoms with Crippen molar-refractivity contribution in [3.63, 3.8) is 0 Å². The Kier molecular flexibility index (Phi) is 3.17. The van der Waals surface area contributed by atoms with Crippen LogP contribution >= 0.6 is 34.8 Å². The van der Waals surface area contributed by atoms with Gasteiger partial charge in [-0.25, -0.2) is 0 Å². The van der Waals surface area contributed by atoms with Gasteiger partial charge in [0.15, 0.2) is 0 Å². The molecule has 0 aromatic heterocycles. The molecule has 1 heterocycles. The summed E-state index contributed by atoms with van der Waals surface area (Å²) in [7, 11) is 0. The Morgan fingerprint density at radius 3 is 2.41 bits per heavy atom. The molecule has 1 aromatic rings. The lowest BCUT2D eigenvalue weighted by Gasteiger charge is -2.16. The van der Waals surface area contributed by atoms with E-state index in [0.29, 0.717) is 5.69 Å². The summed E-state index contributed by atoms with van der Waals surface area (Å²) in [5.74, 6) is -1.37. The predicted molar refractivity (Wildman–Crippen MR) is 68.1 cm³/mol. The quantitative estimate of drug-likeness (QED) is 0.784. The number of rotatable bonds is 2. The van der Waals surface area contributed by atoms with Crippen molar-refractivity contribution in [2.24, 2.45) is 0 Å². The summed E-state index contributed by atoms with van der Waals surface area (Å²) in [6.45, 7) is 3.51. The molecule has 1 aromatic carbocycles. The molecule has 0 saturated heterocycles. The highest BCUT2D eigenvalue weighted by atomic mass is 35.5. The molecular formula is C11H6Cl3NO2. The van der Waals surface area contributed by atoms with Crippen molar-refractivity contribution in [1.82, 2.24) is 0 Å². The molecule has 1 aliphatic heterocycles. The zero-order valence-corrected chi connectivity index (χ0v) is 10.7. The summed E-state index contributed by atoms with van der Waals surface area (Å²) in [5.41, 5.74) is 0.429. The number of carbonyl (C=O) groups excluding carboxylic acids is 2. The van der Waals surface area contributed by atoms with Crippen LogP contribution in [-0.4, -0.2) is 18.2 Å². The van der Waals surface area contributed by atoms with E-state index < -0.39 is 11.7 Å². The van der Waals surface area contributed by atoms with Crippen molar-refractivity contribution in [2.45, 2.75) is 0 Å². The van der Waals surface area contributed by atoms with Gasteiger partial charge in [-0.3, -0.25) is 14.5 Å². The van der Waals surface area contributed by atoms with E-state index >= 15 is 0 Å². The van der Waals surface area contributed by atoms with Crippen LogP contribution in [0.1, 0.15) is 10.4 Å². The third kappa shape index (κ3) is 1.95. The first kappa shape index (κ1) is 12.4. The first-order chi connectivity index (χ1) is 7.93. The average molecular weight is 291 g/mol. The van der Waals surface area contributed by atoms with Gasteiger partial charge < -0.3 is 0 Å². The van der Waals surface area contributed by atoms with E-state index in [-0.39, 0.29) is 27.2 Å². The second kappa shape index (κ2) is 4.33. The number of fused-ring (bicyclic) bond motifs is 1. The van der Waals surface area contributed by atoms with Gasteiger partial charge in [-0.05, 0) is 12.1 Å². The summed E-state index contributed by atoms with van der Waals surface area (Å²) < 4.78 is 0. The molecule has 0 fully saturated rings. The summed E-state index contributed by atoms with van der Waals surface area (Å²) in [5, 5.41) is 0.710. The number of hydrogen-bond donors (Lipinski definition) is 0. The van der Waals surface area contributed by atoms with Crippen LogP contribution in [0.5, 0.6) is 0 Å². The van der Waals surface area contributed by atoms with Crippen molar-refractivity contribution < 1.29 is 9.59 Å². The van der Waals surface area contributed by atoms with E-state index in [2.05, 4.69) is 6.58 Å². The van der Waals surface area contributed by atoms with Crippen LogP contribution in [0.15, 0.2) is 23.7 Å². The largest absolute Gasteiger partial charge is 0.299 e. The van der Waals surface area contributed by atoms with E-state index in [4.69, 9.17) is 34.8 Å². The SMILES string of the molecule is C=C(Cl)CN1C(=O)C(=O)c2c(Cl)ccc(Cl)c21. The van der Waals surface area contributed by atoms with E-state index in [9.17, 15) is 9.59 Å². The average Bonchev–Trinajstić information content (AvgIpc) is 2.49. The third-order valence-electron chi connectivity index (χ3n) is 2.34. The van der Waals surface area contributed by atoms with Gasteiger partial charge in [-0.15, -0.1) is 0 Å². The van der Waals surface area contributed by atoms with Crippen molar-refractivity contribution in [2.75, 3.05) is 11.4 Å². The minimum Gasteiger partial charge on any atom is -0.298 e. The molecule has 0 spiro atoms. The minimum atomic E-state index is -0.697. The standard InChI is InChI=1S/C11H6Cl3NO2/c1-5(12)4-15-9-7(14)3-2-6(13)8(9)10(16)11(15)17/h2-3H,1,4H2. The van der Waals surface area contributed by atoms with Crippen LogP contribution in [0.25, 0.3) is 0 Å². The Labute approximate surface area is 113 Å². The van der Waals surface area contributed by atoms with Gasteiger partial charge in [0.05, 0.1) is 27.8 Å². The van der Waals surface area contributed by atoms with E-state index in [1.165, 1.54) is 17.0 Å². The van der Waals surface area contributed by atoms with Gasteiger partial charge in [-0.2, -0.15) is 0 Å². The molecule has 0 N–H and O–H groups in total. The number of carbonyl (C=O) groups is 2. The fourth-order valence-corrected chi connectivity index (χ4v) is 2.29. The number of Topliss-reactive ketones (excluding diaryl/α,β-unsaturated/α-hetero) is 1. The lowest BCUT2D eigenvalue weighted by atomic mass is 10.1. The lowest BCUT2D eigenvalue weighted by molar-refractivity contribution is -0.114. The van der Waals surface area contributed by atoms with Gasteiger partial charge in [0.2, 0.25) is 0 Å². The summed E-state index contributed by atoms with van der Waals surface area (Å²) >= 11 is 17.5. The Morgan fingerprint density at radius 1 is 1.24 bits per heavy atom. The van der Waals surface area contributed by atoms with Gasteiger partial charge in [-0.1, -0.05) is 41.4 Å². The van der Waals surface area contributed by atoms with Gasteiger partial charge >= 0.3 is 0 Å². The number of hydrogen-bond acceptors (Lipinski definition) is 2. The van der Waals surface area contributed by atoms with E-state index in [1.807, 2.05) is 0 Å². The molecule has 1 amide bonds. The number of nitrogens with zero attached hydrogens (tertiary/aromatic N) is 1. The Morgan fingerprint density at radius 2 is 1.82 bits per heavy atom. The number of benzene rings is 1. The fourth-order valence-electron chi connectivity index (χ4n) is 1.67. The molecule has 3 nitrogen and oxygen atoms in total. The van der Waals surface area contributed by atoms with Crippen molar-refractivity contribution in [3.05, 3.63) is 39.4 Å². The molecule has 17 heavy (non-hydrogen) atoms. The molecule has 0 saturated carbocycles. The molecule has 88 valence electrons. The normalized spacial score (nSPS) is 14.2. The highest BCUT2D eigenvalue weighted by Crippen LogP contribution is 2.40. The Hall–Kier alpha value is -1.03. The van der Waals surface area contributed by atoms with Gasteiger partial charge in [0, 0.05) is 5.03 Å². The summed E-state index contributed by atoms with van der Waals surface area (Å²) in [6.07, 6.45) is 0. The highest BCUT2D eigenvalue weighted by Gasteiger charge is 2.39. The minimum absolute atomic E-state index is 0.0270. The highest BCUT2D eigenvalue weighted by molar-refractivity contribution is 6.57.